The average molecular weight is 248 g/mol. The molecule has 0 saturated carbocycles. The Morgan fingerprint density at radius 1 is 1.33 bits per heavy atom. The lowest BCUT2D eigenvalue weighted by Crippen LogP contribution is -2.11. The summed E-state index contributed by atoms with van der Waals surface area (Å²) in [7, 11) is 0. The molecule has 18 heavy (non-hydrogen) atoms. The second kappa shape index (κ2) is 5.31. The number of carbonyl (C=O) groups excluding carboxylic acids is 1. The highest BCUT2D eigenvalue weighted by Gasteiger charge is 2.06. The fourth-order valence-electron chi connectivity index (χ4n) is 1.56. The third kappa shape index (κ3) is 3.07. The molecule has 1 aromatic carbocycles. The van der Waals surface area contributed by atoms with E-state index in [1.807, 2.05) is 0 Å². The van der Waals surface area contributed by atoms with Crippen molar-refractivity contribution >= 4 is 28.7 Å². The summed E-state index contributed by atoms with van der Waals surface area (Å²) >= 11 is 0. The summed E-state index contributed by atoms with van der Waals surface area (Å²) in [6.45, 7) is 0. The van der Waals surface area contributed by atoms with Gasteiger partial charge in [0.15, 0.2) is 12.0 Å². The predicted molar refractivity (Wildman–Crippen MR) is 64.1 cm³/mol. The number of hydrogen-bond acceptors (Lipinski definition) is 4. The molecule has 0 saturated heterocycles. The van der Waals surface area contributed by atoms with Crippen LogP contribution in [0.4, 0.5) is 5.69 Å². The van der Waals surface area contributed by atoms with E-state index in [4.69, 9.17) is 9.52 Å². The molecule has 1 heterocycles. The summed E-state index contributed by atoms with van der Waals surface area (Å²) in [5.41, 5.74) is 1.93. The third-order valence-corrected chi connectivity index (χ3v) is 2.41. The second-order valence-corrected chi connectivity index (χ2v) is 3.83. The van der Waals surface area contributed by atoms with Gasteiger partial charge in [0.1, 0.15) is 5.52 Å². The van der Waals surface area contributed by atoms with E-state index in [1.54, 1.807) is 18.2 Å². The first-order valence-corrected chi connectivity index (χ1v) is 5.50. The number of carboxylic acid groups (broad SMARTS) is 1. The molecular weight excluding hydrogens is 236 g/mol. The largest absolute Gasteiger partial charge is 0.481 e. The number of aliphatic carboxylic acids is 1. The van der Waals surface area contributed by atoms with Gasteiger partial charge < -0.3 is 14.8 Å². The van der Waals surface area contributed by atoms with Gasteiger partial charge in [0.05, 0.1) is 0 Å². The van der Waals surface area contributed by atoms with Crippen LogP contribution in [-0.4, -0.2) is 22.0 Å². The van der Waals surface area contributed by atoms with Gasteiger partial charge in [-0.1, -0.05) is 0 Å². The van der Waals surface area contributed by atoms with Crippen LogP contribution in [0.2, 0.25) is 0 Å². The Morgan fingerprint density at radius 2 is 2.17 bits per heavy atom. The quantitative estimate of drug-likeness (QED) is 0.844. The fourth-order valence-corrected chi connectivity index (χ4v) is 1.56. The number of carboxylic acids is 1. The van der Waals surface area contributed by atoms with Crippen LogP contribution in [0.5, 0.6) is 0 Å². The Labute approximate surface area is 103 Å². The topological polar surface area (TPSA) is 92.4 Å². The van der Waals surface area contributed by atoms with Gasteiger partial charge >= 0.3 is 5.97 Å². The lowest BCUT2D eigenvalue weighted by Gasteiger charge is -2.03. The van der Waals surface area contributed by atoms with Crippen molar-refractivity contribution in [3.63, 3.8) is 0 Å². The minimum Gasteiger partial charge on any atom is -0.481 e. The zero-order valence-electron chi connectivity index (χ0n) is 9.55. The van der Waals surface area contributed by atoms with Crippen molar-refractivity contribution in [1.82, 2.24) is 4.98 Å². The lowest BCUT2D eigenvalue weighted by molar-refractivity contribution is -0.137. The molecule has 6 nitrogen and oxygen atoms in total. The number of nitrogens with one attached hydrogen (secondary N) is 1. The van der Waals surface area contributed by atoms with Crippen molar-refractivity contribution in [2.24, 2.45) is 0 Å². The lowest BCUT2D eigenvalue weighted by atomic mass is 10.2. The van der Waals surface area contributed by atoms with E-state index >= 15 is 0 Å². The summed E-state index contributed by atoms with van der Waals surface area (Å²) in [4.78, 5) is 25.8. The molecule has 0 spiro atoms. The van der Waals surface area contributed by atoms with Crippen molar-refractivity contribution in [1.29, 1.82) is 0 Å². The molecule has 0 aliphatic heterocycles. The van der Waals surface area contributed by atoms with E-state index in [2.05, 4.69) is 10.3 Å². The molecule has 0 aliphatic rings. The van der Waals surface area contributed by atoms with E-state index in [9.17, 15) is 9.59 Å². The molecule has 0 radical (unpaired) electrons. The zero-order chi connectivity index (χ0) is 13.0. The average Bonchev–Trinajstić information content (AvgIpc) is 2.75. The summed E-state index contributed by atoms with van der Waals surface area (Å²) in [5.74, 6) is -1.11. The van der Waals surface area contributed by atoms with Crippen LogP contribution in [0, 0.1) is 0 Å². The van der Waals surface area contributed by atoms with E-state index in [0.717, 1.165) is 5.52 Å². The summed E-state index contributed by atoms with van der Waals surface area (Å²) in [6.07, 6.45) is 1.84. The molecule has 0 fully saturated rings. The van der Waals surface area contributed by atoms with Crippen molar-refractivity contribution in [2.45, 2.75) is 19.3 Å². The van der Waals surface area contributed by atoms with E-state index in [-0.39, 0.29) is 18.7 Å². The van der Waals surface area contributed by atoms with Gasteiger partial charge in [-0.15, -0.1) is 0 Å². The van der Waals surface area contributed by atoms with Crippen LogP contribution in [0.3, 0.4) is 0 Å². The highest BCUT2D eigenvalue weighted by atomic mass is 16.4. The van der Waals surface area contributed by atoms with E-state index in [0.29, 0.717) is 17.7 Å². The Bertz CT molecular complexity index is 576. The number of amides is 1. The van der Waals surface area contributed by atoms with Crippen LogP contribution in [0.15, 0.2) is 29.0 Å². The van der Waals surface area contributed by atoms with Crippen LogP contribution in [0.25, 0.3) is 11.1 Å². The van der Waals surface area contributed by atoms with Crippen LogP contribution in [0.1, 0.15) is 19.3 Å². The van der Waals surface area contributed by atoms with E-state index < -0.39 is 5.97 Å². The molecule has 0 bridgehead atoms. The number of fused-ring (bicyclic) bond motifs is 1. The number of carbonyl (C=O) groups is 2. The predicted octanol–water partition coefficient (Wildman–Crippen LogP) is 2.02. The molecule has 0 atom stereocenters. The first kappa shape index (κ1) is 12.1. The highest BCUT2D eigenvalue weighted by Crippen LogP contribution is 2.18. The maximum absolute atomic E-state index is 11.5. The van der Waals surface area contributed by atoms with Crippen molar-refractivity contribution < 1.29 is 19.1 Å². The molecular formula is C12H12N2O4. The normalized spacial score (nSPS) is 10.4. The Hall–Kier alpha value is -2.37. The molecule has 94 valence electrons. The van der Waals surface area contributed by atoms with Crippen molar-refractivity contribution in [3.05, 3.63) is 24.6 Å². The van der Waals surface area contributed by atoms with Gasteiger partial charge in [0, 0.05) is 24.6 Å². The number of rotatable bonds is 5. The maximum Gasteiger partial charge on any atom is 0.303 e. The van der Waals surface area contributed by atoms with Crippen molar-refractivity contribution in [2.75, 3.05) is 5.32 Å². The molecule has 2 rings (SSSR count). The van der Waals surface area contributed by atoms with Gasteiger partial charge in [-0.05, 0) is 18.6 Å². The van der Waals surface area contributed by atoms with Gasteiger partial charge in [-0.25, -0.2) is 4.98 Å². The minimum absolute atomic E-state index is 0.00540. The Kier molecular flexibility index (Phi) is 3.57. The van der Waals surface area contributed by atoms with E-state index in [1.165, 1.54) is 6.39 Å². The molecule has 1 aromatic heterocycles. The molecule has 2 aromatic rings. The van der Waals surface area contributed by atoms with Gasteiger partial charge in [-0.2, -0.15) is 0 Å². The standard InChI is InChI=1S/C12H12N2O4/c15-11(2-1-3-12(16)17)14-8-4-5-9-10(6-8)18-7-13-9/h4-7H,1-3H2,(H,14,15)(H,16,17). The Balaban J connectivity index is 1.91. The number of nitrogens with zero attached hydrogens (tertiary/aromatic N) is 1. The number of hydrogen-bond donors (Lipinski definition) is 2. The fraction of sp³-hybridized carbons (Fsp3) is 0.250. The number of aromatic nitrogens is 1. The first-order chi connectivity index (χ1) is 8.65. The van der Waals surface area contributed by atoms with Crippen LogP contribution < -0.4 is 5.32 Å². The monoisotopic (exact) mass is 248 g/mol. The highest BCUT2D eigenvalue weighted by molar-refractivity contribution is 5.92. The second-order valence-electron chi connectivity index (χ2n) is 3.83. The summed E-state index contributed by atoms with van der Waals surface area (Å²) in [6, 6.07) is 5.14. The number of oxazole rings is 1. The molecule has 1 amide bonds. The van der Waals surface area contributed by atoms with Gasteiger partial charge in [-0.3, -0.25) is 9.59 Å². The number of benzene rings is 1. The molecule has 0 unspecified atom stereocenters. The SMILES string of the molecule is O=C(O)CCCC(=O)Nc1ccc2ncoc2c1. The molecule has 2 N–H and O–H groups in total. The number of anilines is 1. The molecule has 6 heteroatoms. The maximum atomic E-state index is 11.5. The van der Waals surface area contributed by atoms with Gasteiger partial charge in [0.2, 0.25) is 5.91 Å². The first-order valence-electron chi connectivity index (χ1n) is 5.50. The van der Waals surface area contributed by atoms with Crippen LogP contribution in [-0.2, 0) is 9.59 Å². The van der Waals surface area contributed by atoms with Crippen LogP contribution >= 0.6 is 0 Å². The summed E-state index contributed by atoms with van der Waals surface area (Å²) in [5, 5.41) is 11.1. The minimum atomic E-state index is -0.897. The zero-order valence-corrected chi connectivity index (χ0v) is 9.55. The van der Waals surface area contributed by atoms with Gasteiger partial charge in [0.25, 0.3) is 0 Å². The molecule has 0 aliphatic carbocycles. The van der Waals surface area contributed by atoms with Crippen molar-refractivity contribution in [3.8, 4) is 0 Å². The smallest absolute Gasteiger partial charge is 0.303 e. The summed E-state index contributed by atoms with van der Waals surface area (Å²) < 4.78 is 5.11. The Morgan fingerprint density at radius 3 is 2.94 bits per heavy atom. The third-order valence-electron chi connectivity index (χ3n) is 2.41.